The molecular formula is C29H31N3O4. The van der Waals surface area contributed by atoms with Crippen LogP contribution in [0.2, 0.25) is 0 Å². The minimum Gasteiger partial charge on any atom is -0.392 e. The molecule has 0 aliphatic carbocycles. The van der Waals surface area contributed by atoms with E-state index >= 15 is 0 Å². The van der Waals surface area contributed by atoms with Gasteiger partial charge in [-0.1, -0.05) is 48.5 Å². The molecule has 0 radical (unpaired) electrons. The summed E-state index contributed by atoms with van der Waals surface area (Å²) in [5.74, 6) is -0.458. The van der Waals surface area contributed by atoms with Crippen LogP contribution in [0.15, 0.2) is 72.8 Å². The van der Waals surface area contributed by atoms with Crippen molar-refractivity contribution in [2.45, 2.75) is 44.6 Å². The molecule has 186 valence electrons. The molecule has 3 aromatic carbocycles. The van der Waals surface area contributed by atoms with Crippen LogP contribution in [0.3, 0.4) is 0 Å². The summed E-state index contributed by atoms with van der Waals surface area (Å²) in [5, 5.41) is 15.6. The highest BCUT2D eigenvalue weighted by Gasteiger charge is 2.37. The van der Waals surface area contributed by atoms with E-state index in [1.54, 1.807) is 18.2 Å². The molecule has 0 aromatic heterocycles. The van der Waals surface area contributed by atoms with Crippen LogP contribution >= 0.6 is 0 Å². The second-order valence-electron chi connectivity index (χ2n) is 9.50. The van der Waals surface area contributed by atoms with E-state index < -0.39 is 0 Å². The van der Waals surface area contributed by atoms with Crippen LogP contribution < -0.4 is 10.6 Å². The summed E-state index contributed by atoms with van der Waals surface area (Å²) in [5.41, 5.74) is 4.24. The van der Waals surface area contributed by atoms with Gasteiger partial charge in [0, 0.05) is 35.6 Å². The highest BCUT2D eigenvalue weighted by atomic mass is 16.5. The van der Waals surface area contributed by atoms with Crippen molar-refractivity contribution >= 4 is 23.2 Å². The molecule has 2 amide bonds. The van der Waals surface area contributed by atoms with Crippen LogP contribution in [-0.4, -0.2) is 53.2 Å². The van der Waals surface area contributed by atoms with E-state index in [0.29, 0.717) is 22.5 Å². The van der Waals surface area contributed by atoms with Crippen LogP contribution in [-0.2, 0) is 16.1 Å². The minimum atomic E-state index is -0.343. The maximum absolute atomic E-state index is 13.1. The molecule has 36 heavy (non-hydrogen) atoms. The Morgan fingerprint density at radius 3 is 2.28 bits per heavy atom. The number of hydrogen-bond acceptors (Lipinski definition) is 5. The van der Waals surface area contributed by atoms with Crippen molar-refractivity contribution in [3.8, 4) is 11.1 Å². The number of benzene rings is 3. The number of carbonyl (C=O) groups is 2. The van der Waals surface area contributed by atoms with Gasteiger partial charge in [-0.2, -0.15) is 0 Å². The zero-order chi connectivity index (χ0) is 25.1. The summed E-state index contributed by atoms with van der Waals surface area (Å²) in [7, 11) is 0. The van der Waals surface area contributed by atoms with Crippen molar-refractivity contribution in [3.05, 3.63) is 83.9 Å². The number of amides is 2. The van der Waals surface area contributed by atoms with Crippen molar-refractivity contribution in [1.29, 1.82) is 0 Å². The molecule has 7 heteroatoms. The molecule has 3 atom stereocenters. The number of aliphatic hydroxyl groups excluding tert-OH is 1. The number of anilines is 2. The number of fused-ring (bicyclic) bond motifs is 2. The van der Waals surface area contributed by atoms with Crippen LogP contribution in [0.4, 0.5) is 11.4 Å². The first kappa shape index (κ1) is 24.2. The molecule has 2 heterocycles. The van der Waals surface area contributed by atoms with E-state index in [9.17, 15) is 14.7 Å². The highest BCUT2D eigenvalue weighted by Crippen LogP contribution is 2.28. The molecular weight excluding hydrogens is 454 g/mol. The van der Waals surface area contributed by atoms with Crippen LogP contribution in [0.1, 0.15) is 35.7 Å². The average molecular weight is 486 g/mol. The van der Waals surface area contributed by atoms with Crippen LogP contribution in [0, 0.1) is 0 Å². The van der Waals surface area contributed by atoms with Gasteiger partial charge in [-0.05, 0) is 55.2 Å². The lowest BCUT2D eigenvalue weighted by molar-refractivity contribution is -0.124. The van der Waals surface area contributed by atoms with E-state index in [2.05, 4.69) is 15.5 Å². The Labute approximate surface area is 211 Å². The monoisotopic (exact) mass is 485 g/mol. The Kier molecular flexibility index (Phi) is 7.13. The predicted molar refractivity (Wildman–Crippen MR) is 140 cm³/mol. The highest BCUT2D eigenvalue weighted by molar-refractivity contribution is 6.06. The quantitative estimate of drug-likeness (QED) is 0.465. The topological polar surface area (TPSA) is 90.9 Å². The number of ether oxygens (including phenoxy) is 1. The number of morpholine rings is 1. The van der Waals surface area contributed by atoms with Gasteiger partial charge >= 0.3 is 0 Å². The first-order valence-corrected chi connectivity index (χ1v) is 12.4. The third-order valence-corrected chi connectivity index (χ3v) is 7.05. The van der Waals surface area contributed by atoms with Gasteiger partial charge < -0.3 is 20.5 Å². The van der Waals surface area contributed by atoms with Gasteiger partial charge in [0.2, 0.25) is 5.91 Å². The molecule has 0 spiro atoms. The number of nitrogens with one attached hydrogen (secondary N) is 2. The lowest BCUT2D eigenvalue weighted by Gasteiger charge is -2.35. The maximum atomic E-state index is 13.1. The van der Waals surface area contributed by atoms with E-state index in [1.807, 2.05) is 61.5 Å². The summed E-state index contributed by atoms with van der Waals surface area (Å²) < 4.78 is 5.88. The Hall–Kier alpha value is -3.52. The third kappa shape index (κ3) is 5.33. The van der Waals surface area contributed by atoms with E-state index in [-0.39, 0.29) is 36.7 Å². The lowest BCUT2D eigenvalue weighted by atomic mass is 10.1. The first-order valence-electron chi connectivity index (χ1n) is 12.4. The van der Waals surface area contributed by atoms with Crippen molar-refractivity contribution in [1.82, 2.24) is 4.90 Å². The zero-order valence-corrected chi connectivity index (χ0v) is 20.3. The Bertz CT molecular complexity index is 1220. The lowest BCUT2D eigenvalue weighted by Crippen LogP contribution is -2.51. The number of carbonyl (C=O) groups excluding carboxylic acids is 2. The zero-order valence-electron chi connectivity index (χ0n) is 20.3. The SMILES string of the molecule is CC(C(=O)Nc1cc(C(=O)Nc2ccc(-c3ccccc3)cc2)ccc1CO)N1CC2CCC(C1)O2. The van der Waals surface area contributed by atoms with E-state index in [0.717, 1.165) is 37.1 Å². The molecule has 3 N–H and O–H groups in total. The molecule has 3 aromatic rings. The number of nitrogens with zero attached hydrogens (tertiary/aromatic N) is 1. The van der Waals surface area contributed by atoms with Crippen molar-refractivity contribution < 1.29 is 19.4 Å². The van der Waals surface area contributed by atoms with Crippen LogP contribution in [0.25, 0.3) is 11.1 Å². The summed E-state index contributed by atoms with van der Waals surface area (Å²) >= 11 is 0. The predicted octanol–water partition coefficient (Wildman–Crippen LogP) is 4.29. The van der Waals surface area contributed by atoms with Gasteiger partial charge in [-0.3, -0.25) is 14.5 Å². The van der Waals surface area contributed by atoms with Gasteiger partial charge in [0.05, 0.1) is 24.9 Å². The normalized spacial score (nSPS) is 20.1. The number of hydrogen-bond donors (Lipinski definition) is 3. The molecule has 7 nitrogen and oxygen atoms in total. The molecule has 2 aliphatic heterocycles. The Balaban J connectivity index is 1.26. The van der Waals surface area contributed by atoms with Crippen molar-refractivity contribution in [3.63, 3.8) is 0 Å². The fourth-order valence-electron chi connectivity index (χ4n) is 4.92. The molecule has 2 fully saturated rings. The summed E-state index contributed by atoms with van der Waals surface area (Å²) in [6.45, 7) is 3.12. The van der Waals surface area contributed by atoms with Crippen molar-refractivity contribution in [2.75, 3.05) is 23.7 Å². The van der Waals surface area contributed by atoms with E-state index in [1.165, 1.54) is 0 Å². The third-order valence-electron chi connectivity index (χ3n) is 7.05. The Morgan fingerprint density at radius 1 is 0.944 bits per heavy atom. The van der Waals surface area contributed by atoms with Gasteiger partial charge in [0.15, 0.2) is 0 Å². The molecule has 5 rings (SSSR count). The molecule has 2 saturated heterocycles. The largest absolute Gasteiger partial charge is 0.392 e. The first-order chi connectivity index (χ1) is 17.5. The maximum Gasteiger partial charge on any atom is 0.255 e. The number of likely N-dealkylation sites (tertiary alicyclic amines) is 1. The van der Waals surface area contributed by atoms with Crippen LogP contribution in [0.5, 0.6) is 0 Å². The summed E-state index contributed by atoms with van der Waals surface area (Å²) in [4.78, 5) is 28.2. The second kappa shape index (κ2) is 10.6. The molecule has 2 aliphatic rings. The van der Waals surface area contributed by atoms with Crippen molar-refractivity contribution in [2.24, 2.45) is 0 Å². The standard InChI is InChI=1S/C29H31N3O4/c1-19(32-16-25-13-14-26(17-32)36-25)28(34)31-27-15-22(7-8-23(27)18-33)29(35)30-24-11-9-21(10-12-24)20-5-3-2-4-6-20/h2-12,15,19,25-26,33H,13-14,16-18H2,1H3,(H,30,35)(H,31,34). The van der Waals surface area contributed by atoms with Gasteiger partial charge in [-0.15, -0.1) is 0 Å². The average Bonchev–Trinajstić information content (AvgIpc) is 3.26. The second-order valence-corrected chi connectivity index (χ2v) is 9.50. The van der Waals surface area contributed by atoms with Gasteiger partial charge in [-0.25, -0.2) is 0 Å². The minimum absolute atomic E-state index is 0.167. The summed E-state index contributed by atoms with van der Waals surface area (Å²) in [6, 6.07) is 22.3. The fraction of sp³-hybridized carbons (Fsp3) is 0.310. The van der Waals surface area contributed by atoms with E-state index in [4.69, 9.17) is 4.74 Å². The summed E-state index contributed by atoms with van der Waals surface area (Å²) in [6.07, 6.45) is 2.47. The number of aliphatic hydroxyl groups is 1. The Morgan fingerprint density at radius 2 is 1.61 bits per heavy atom. The van der Waals surface area contributed by atoms with Gasteiger partial charge in [0.25, 0.3) is 5.91 Å². The fourth-order valence-corrected chi connectivity index (χ4v) is 4.92. The molecule has 3 unspecified atom stereocenters. The van der Waals surface area contributed by atoms with Gasteiger partial charge in [0.1, 0.15) is 0 Å². The number of rotatable bonds is 7. The molecule has 2 bridgehead atoms. The molecule has 0 saturated carbocycles. The smallest absolute Gasteiger partial charge is 0.255 e.